The van der Waals surface area contributed by atoms with E-state index in [2.05, 4.69) is 22.1 Å². The van der Waals surface area contributed by atoms with E-state index in [0.29, 0.717) is 10.4 Å². The van der Waals surface area contributed by atoms with Crippen molar-refractivity contribution in [3.05, 3.63) is 46.0 Å². The topological polar surface area (TPSA) is 62.2 Å². The molecule has 2 aromatic rings. The van der Waals surface area contributed by atoms with E-state index in [1.807, 2.05) is 0 Å². The molecular formula is C13H9FN2O2S. The number of anilines is 1. The van der Waals surface area contributed by atoms with Crippen LogP contribution in [-0.2, 0) is 0 Å². The monoisotopic (exact) mass is 276 g/mol. The Morgan fingerprint density at radius 3 is 3.00 bits per heavy atom. The number of amides is 1. The lowest BCUT2D eigenvalue weighted by atomic mass is 10.2. The summed E-state index contributed by atoms with van der Waals surface area (Å²) in [5.74, 6) is 4.60. The minimum absolute atomic E-state index is 0.265. The van der Waals surface area contributed by atoms with Gasteiger partial charge in [-0.15, -0.1) is 11.3 Å². The zero-order valence-electron chi connectivity index (χ0n) is 9.68. The van der Waals surface area contributed by atoms with Crippen molar-refractivity contribution in [3.8, 4) is 11.8 Å². The zero-order chi connectivity index (χ0) is 13.7. The van der Waals surface area contributed by atoms with Gasteiger partial charge in [0, 0.05) is 5.56 Å². The number of aromatic nitrogens is 1. The molecule has 1 amide bonds. The molecule has 4 nitrogen and oxygen atoms in total. The highest BCUT2D eigenvalue weighted by Crippen LogP contribution is 2.17. The first-order valence-corrected chi connectivity index (χ1v) is 6.19. The summed E-state index contributed by atoms with van der Waals surface area (Å²) >= 11 is 1.23. The van der Waals surface area contributed by atoms with Crippen molar-refractivity contribution < 1.29 is 14.3 Å². The predicted molar refractivity (Wildman–Crippen MR) is 70.4 cm³/mol. The van der Waals surface area contributed by atoms with Crippen LogP contribution in [0.15, 0.2) is 29.8 Å². The second-order valence-electron chi connectivity index (χ2n) is 3.44. The average Bonchev–Trinajstić information content (AvgIpc) is 2.87. The summed E-state index contributed by atoms with van der Waals surface area (Å²) in [6.07, 6.45) is 1.02. The second-order valence-corrected chi connectivity index (χ2v) is 4.36. The minimum atomic E-state index is -0.469. The summed E-state index contributed by atoms with van der Waals surface area (Å²) in [5.41, 5.74) is 0.540. The Morgan fingerprint density at radius 2 is 2.32 bits per heavy atom. The van der Waals surface area contributed by atoms with E-state index in [0.717, 1.165) is 6.20 Å². The van der Waals surface area contributed by atoms with Crippen LogP contribution in [0.3, 0.4) is 0 Å². The SMILES string of the molecule is O=C(Nc1ccc(F)cn1)c1sccc1C#CCO. The van der Waals surface area contributed by atoms with E-state index in [4.69, 9.17) is 5.11 Å². The molecule has 0 aromatic carbocycles. The zero-order valence-corrected chi connectivity index (χ0v) is 10.5. The van der Waals surface area contributed by atoms with E-state index < -0.39 is 5.82 Å². The number of pyridine rings is 1. The summed E-state index contributed by atoms with van der Waals surface area (Å²) in [4.78, 5) is 16.1. The Kier molecular flexibility index (Phi) is 4.23. The van der Waals surface area contributed by atoms with Gasteiger partial charge in [0.05, 0.1) is 6.20 Å². The minimum Gasteiger partial charge on any atom is -0.384 e. The Bertz CT molecular complexity index is 641. The van der Waals surface area contributed by atoms with Crippen LogP contribution in [0.25, 0.3) is 0 Å². The summed E-state index contributed by atoms with van der Waals surface area (Å²) in [7, 11) is 0. The van der Waals surface area contributed by atoms with Crippen molar-refractivity contribution >= 4 is 23.1 Å². The fraction of sp³-hybridized carbons (Fsp3) is 0.0769. The molecule has 0 saturated heterocycles. The first-order valence-electron chi connectivity index (χ1n) is 5.31. The first kappa shape index (κ1) is 13.2. The Morgan fingerprint density at radius 1 is 1.47 bits per heavy atom. The smallest absolute Gasteiger partial charge is 0.268 e. The standard InChI is InChI=1S/C13H9FN2O2S/c14-10-3-4-11(15-8-10)16-13(18)12-9(2-1-6-17)5-7-19-12/h3-5,7-8,17H,6H2,(H,15,16,18). The van der Waals surface area contributed by atoms with Gasteiger partial charge in [0.15, 0.2) is 0 Å². The maximum Gasteiger partial charge on any atom is 0.268 e. The molecule has 0 spiro atoms. The summed E-state index contributed by atoms with van der Waals surface area (Å²) < 4.78 is 12.7. The molecule has 6 heteroatoms. The summed E-state index contributed by atoms with van der Waals surface area (Å²) in [6.45, 7) is -0.267. The van der Waals surface area contributed by atoms with E-state index in [-0.39, 0.29) is 18.3 Å². The van der Waals surface area contributed by atoms with Gasteiger partial charge in [0.25, 0.3) is 5.91 Å². The number of aliphatic hydroxyl groups is 1. The molecule has 0 saturated carbocycles. The fourth-order valence-electron chi connectivity index (χ4n) is 1.34. The molecule has 2 heterocycles. The van der Waals surface area contributed by atoms with Gasteiger partial charge in [0.1, 0.15) is 23.1 Å². The molecule has 96 valence electrons. The molecule has 0 atom stereocenters. The molecule has 0 fully saturated rings. The lowest BCUT2D eigenvalue weighted by Gasteiger charge is -2.02. The Balaban J connectivity index is 2.16. The summed E-state index contributed by atoms with van der Waals surface area (Å²) in [6, 6.07) is 4.28. The van der Waals surface area contributed by atoms with E-state index in [9.17, 15) is 9.18 Å². The van der Waals surface area contributed by atoms with Crippen LogP contribution in [0.1, 0.15) is 15.2 Å². The Labute approximate surface area is 112 Å². The van der Waals surface area contributed by atoms with Gasteiger partial charge >= 0.3 is 0 Å². The van der Waals surface area contributed by atoms with Gasteiger partial charge in [-0.25, -0.2) is 9.37 Å². The second kappa shape index (κ2) is 6.09. The third-order valence-corrected chi connectivity index (χ3v) is 3.06. The third kappa shape index (κ3) is 3.37. The maximum absolute atomic E-state index is 12.7. The molecule has 0 radical (unpaired) electrons. The van der Waals surface area contributed by atoms with Crippen LogP contribution >= 0.6 is 11.3 Å². The van der Waals surface area contributed by atoms with E-state index in [1.54, 1.807) is 11.4 Å². The molecular weight excluding hydrogens is 267 g/mol. The van der Waals surface area contributed by atoms with Gasteiger partial charge < -0.3 is 10.4 Å². The summed E-state index contributed by atoms with van der Waals surface area (Å²) in [5, 5.41) is 12.9. The molecule has 0 aliphatic heterocycles. The van der Waals surface area contributed by atoms with Crippen molar-refractivity contribution in [2.45, 2.75) is 0 Å². The average molecular weight is 276 g/mol. The molecule has 0 aliphatic carbocycles. The number of nitrogens with zero attached hydrogens (tertiary/aromatic N) is 1. The van der Waals surface area contributed by atoms with Crippen LogP contribution in [0.5, 0.6) is 0 Å². The third-order valence-electron chi connectivity index (χ3n) is 2.14. The molecule has 0 unspecified atom stereocenters. The number of carbonyl (C=O) groups is 1. The number of halogens is 1. The van der Waals surface area contributed by atoms with Crippen LogP contribution in [0.4, 0.5) is 10.2 Å². The number of thiophene rings is 1. The molecule has 2 N–H and O–H groups in total. The normalized spacial score (nSPS) is 9.58. The fourth-order valence-corrected chi connectivity index (χ4v) is 2.09. The van der Waals surface area contributed by atoms with Gasteiger partial charge in [-0.05, 0) is 23.6 Å². The number of hydrogen-bond donors (Lipinski definition) is 2. The molecule has 2 aromatic heterocycles. The lowest BCUT2D eigenvalue weighted by molar-refractivity contribution is 0.103. The Hall–Kier alpha value is -2.23. The molecule has 0 bridgehead atoms. The molecule has 2 rings (SSSR count). The lowest BCUT2D eigenvalue weighted by Crippen LogP contribution is -2.12. The predicted octanol–water partition coefficient (Wildman–Crippen LogP) is 1.88. The van der Waals surface area contributed by atoms with Crippen molar-refractivity contribution in [2.75, 3.05) is 11.9 Å². The number of nitrogens with one attached hydrogen (secondary N) is 1. The number of aliphatic hydroxyl groups excluding tert-OH is 1. The van der Waals surface area contributed by atoms with Crippen molar-refractivity contribution in [3.63, 3.8) is 0 Å². The van der Waals surface area contributed by atoms with Crippen molar-refractivity contribution in [2.24, 2.45) is 0 Å². The maximum atomic E-state index is 12.7. The van der Waals surface area contributed by atoms with E-state index in [1.165, 1.54) is 23.5 Å². The van der Waals surface area contributed by atoms with Crippen molar-refractivity contribution in [1.82, 2.24) is 4.98 Å². The quantitative estimate of drug-likeness (QED) is 0.823. The highest BCUT2D eigenvalue weighted by molar-refractivity contribution is 7.12. The highest BCUT2D eigenvalue weighted by atomic mass is 32.1. The highest BCUT2D eigenvalue weighted by Gasteiger charge is 2.12. The molecule has 19 heavy (non-hydrogen) atoms. The van der Waals surface area contributed by atoms with Gasteiger partial charge in [-0.3, -0.25) is 4.79 Å². The van der Waals surface area contributed by atoms with Gasteiger partial charge in [-0.2, -0.15) is 0 Å². The number of rotatable bonds is 2. The van der Waals surface area contributed by atoms with Crippen LogP contribution in [0.2, 0.25) is 0 Å². The van der Waals surface area contributed by atoms with Crippen LogP contribution < -0.4 is 5.32 Å². The number of hydrogen-bond acceptors (Lipinski definition) is 4. The van der Waals surface area contributed by atoms with Gasteiger partial charge in [-0.1, -0.05) is 11.8 Å². The van der Waals surface area contributed by atoms with Crippen molar-refractivity contribution in [1.29, 1.82) is 0 Å². The van der Waals surface area contributed by atoms with Crippen LogP contribution in [-0.4, -0.2) is 22.6 Å². The largest absolute Gasteiger partial charge is 0.384 e. The number of carbonyl (C=O) groups excluding carboxylic acids is 1. The molecule has 0 aliphatic rings. The van der Waals surface area contributed by atoms with Gasteiger partial charge in [0.2, 0.25) is 0 Å². The van der Waals surface area contributed by atoms with E-state index >= 15 is 0 Å². The first-order chi connectivity index (χ1) is 9.20. The van der Waals surface area contributed by atoms with Crippen LogP contribution in [0, 0.1) is 17.7 Å².